The van der Waals surface area contributed by atoms with Crippen molar-refractivity contribution in [1.82, 2.24) is 25.2 Å². The molecule has 1 saturated heterocycles. The van der Waals surface area contributed by atoms with Crippen LogP contribution in [0.1, 0.15) is 46.8 Å². The SMILES string of the molecule is O=C(c1cc(C2CC2)on1)N1CC(c2nc(-c3ccncc3)no2)C1. The Morgan fingerprint density at radius 1 is 1.08 bits per heavy atom. The van der Waals surface area contributed by atoms with Crippen molar-refractivity contribution >= 4 is 5.91 Å². The zero-order valence-electron chi connectivity index (χ0n) is 13.3. The van der Waals surface area contributed by atoms with Crippen LogP contribution in [0.4, 0.5) is 0 Å². The second-order valence-corrected chi connectivity index (χ2v) is 6.49. The van der Waals surface area contributed by atoms with E-state index in [2.05, 4.69) is 20.3 Å². The summed E-state index contributed by atoms with van der Waals surface area (Å²) >= 11 is 0. The second-order valence-electron chi connectivity index (χ2n) is 6.49. The van der Waals surface area contributed by atoms with Gasteiger partial charge in [0.2, 0.25) is 11.7 Å². The van der Waals surface area contributed by atoms with Gasteiger partial charge in [-0.05, 0) is 25.0 Å². The quantitative estimate of drug-likeness (QED) is 0.720. The van der Waals surface area contributed by atoms with Crippen molar-refractivity contribution < 1.29 is 13.8 Å². The first-order valence-electron chi connectivity index (χ1n) is 8.28. The molecule has 126 valence electrons. The summed E-state index contributed by atoms with van der Waals surface area (Å²) in [5.74, 6) is 2.30. The smallest absolute Gasteiger partial charge is 0.276 e. The molecule has 1 aliphatic carbocycles. The van der Waals surface area contributed by atoms with E-state index in [9.17, 15) is 4.79 Å². The van der Waals surface area contributed by atoms with E-state index in [1.54, 1.807) is 23.4 Å². The molecule has 5 rings (SSSR count). The van der Waals surface area contributed by atoms with Crippen LogP contribution in [-0.4, -0.2) is 44.2 Å². The Morgan fingerprint density at radius 3 is 2.64 bits per heavy atom. The summed E-state index contributed by atoms with van der Waals surface area (Å²) in [5.41, 5.74) is 1.23. The van der Waals surface area contributed by atoms with Crippen molar-refractivity contribution in [3.8, 4) is 11.4 Å². The molecule has 8 heteroatoms. The minimum absolute atomic E-state index is 0.0573. The van der Waals surface area contributed by atoms with Gasteiger partial charge in [0.25, 0.3) is 5.91 Å². The molecule has 1 amide bonds. The first kappa shape index (κ1) is 14.3. The van der Waals surface area contributed by atoms with Crippen LogP contribution < -0.4 is 0 Å². The number of likely N-dealkylation sites (tertiary alicyclic amines) is 1. The van der Waals surface area contributed by atoms with E-state index < -0.39 is 0 Å². The third kappa shape index (κ3) is 2.59. The Balaban J connectivity index is 1.24. The Kier molecular flexibility index (Phi) is 3.16. The molecule has 0 aromatic carbocycles. The lowest BCUT2D eigenvalue weighted by Crippen LogP contribution is -2.48. The van der Waals surface area contributed by atoms with Gasteiger partial charge in [0, 0.05) is 43.0 Å². The lowest BCUT2D eigenvalue weighted by Gasteiger charge is -2.36. The monoisotopic (exact) mass is 337 g/mol. The highest BCUT2D eigenvalue weighted by molar-refractivity contribution is 5.93. The van der Waals surface area contributed by atoms with Gasteiger partial charge in [-0.2, -0.15) is 4.98 Å². The fraction of sp³-hybridized carbons (Fsp3) is 0.353. The molecular formula is C17H15N5O3. The molecule has 25 heavy (non-hydrogen) atoms. The number of amides is 1. The normalized spacial score (nSPS) is 17.5. The molecule has 2 fully saturated rings. The Morgan fingerprint density at radius 2 is 1.88 bits per heavy atom. The number of aromatic nitrogens is 4. The number of carbonyl (C=O) groups excluding carboxylic acids is 1. The number of hydrogen-bond acceptors (Lipinski definition) is 7. The molecule has 4 heterocycles. The van der Waals surface area contributed by atoms with Crippen molar-refractivity contribution in [3.05, 3.63) is 47.9 Å². The maximum absolute atomic E-state index is 12.4. The number of nitrogens with zero attached hydrogens (tertiary/aromatic N) is 5. The fourth-order valence-electron chi connectivity index (χ4n) is 2.93. The van der Waals surface area contributed by atoms with Crippen molar-refractivity contribution in [3.63, 3.8) is 0 Å². The molecule has 3 aromatic rings. The molecule has 0 atom stereocenters. The summed E-state index contributed by atoms with van der Waals surface area (Å²) in [4.78, 5) is 22.5. The van der Waals surface area contributed by atoms with E-state index in [0.717, 1.165) is 24.2 Å². The van der Waals surface area contributed by atoms with E-state index in [1.807, 2.05) is 12.1 Å². The molecule has 0 radical (unpaired) electrons. The van der Waals surface area contributed by atoms with Crippen molar-refractivity contribution in [2.75, 3.05) is 13.1 Å². The van der Waals surface area contributed by atoms with Crippen LogP contribution >= 0.6 is 0 Å². The molecule has 0 bridgehead atoms. The summed E-state index contributed by atoms with van der Waals surface area (Å²) in [6, 6.07) is 5.42. The number of carbonyl (C=O) groups is 1. The zero-order valence-corrected chi connectivity index (χ0v) is 13.3. The summed E-state index contributed by atoms with van der Waals surface area (Å²) < 4.78 is 10.6. The molecule has 0 unspecified atom stereocenters. The Bertz CT molecular complexity index is 909. The fourth-order valence-corrected chi connectivity index (χ4v) is 2.93. The second kappa shape index (κ2) is 5.51. The molecular weight excluding hydrogens is 322 g/mol. The first-order chi connectivity index (χ1) is 12.3. The van der Waals surface area contributed by atoms with E-state index in [1.165, 1.54) is 0 Å². The van der Waals surface area contributed by atoms with Gasteiger partial charge < -0.3 is 13.9 Å². The number of pyridine rings is 1. The standard InChI is InChI=1S/C17H15N5O3/c23-17(13-7-14(24-20-13)10-1-2-10)22-8-12(9-22)16-19-15(21-25-16)11-3-5-18-6-4-11/h3-7,10,12H,1-2,8-9H2. The van der Waals surface area contributed by atoms with Crippen LogP contribution in [0.15, 0.2) is 39.6 Å². The Labute approximate surface area is 142 Å². The van der Waals surface area contributed by atoms with Crippen molar-refractivity contribution in [2.45, 2.75) is 24.7 Å². The zero-order chi connectivity index (χ0) is 16.8. The van der Waals surface area contributed by atoms with Crippen LogP contribution in [0.3, 0.4) is 0 Å². The lowest BCUT2D eigenvalue weighted by atomic mass is 9.99. The molecule has 0 N–H and O–H groups in total. The highest BCUT2D eigenvalue weighted by Gasteiger charge is 2.38. The summed E-state index contributed by atoms with van der Waals surface area (Å²) in [6.45, 7) is 1.09. The van der Waals surface area contributed by atoms with Gasteiger partial charge in [0.15, 0.2) is 5.69 Å². The van der Waals surface area contributed by atoms with Crippen LogP contribution in [0, 0.1) is 0 Å². The van der Waals surface area contributed by atoms with E-state index >= 15 is 0 Å². The maximum Gasteiger partial charge on any atom is 0.276 e. The summed E-state index contributed by atoms with van der Waals surface area (Å²) in [6.07, 6.45) is 5.60. The third-order valence-corrected chi connectivity index (χ3v) is 4.63. The van der Waals surface area contributed by atoms with Crippen molar-refractivity contribution in [1.29, 1.82) is 0 Å². The van der Waals surface area contributed by atoms with Gasteiger partial charge in [-0.25, -0.2) is 0 Å². The molecule has 3 aromatic heterocycles. The van der Waals surface area contributed by atoms with Crippen LogP contribution in [0.5, 0.6) is 0 Å². The third-order valence-electron chi connectivity index (χ3n) is 4.63. The number of rotatable bonds is 4. The van der Waals surface area contributed by atoms with Crippen LogP contribution in [0.25, 0.3) is 11.4 Å². The Hall–Kier alpha value is -3.03. The maximum atomic E-state index is 12.4. The van der Waals surface area contributed by atoms with Gasteiger partial charge in [0.1, 0.15) is 5.76 Å². The van der Waals surface area contributed by atoms with Gasteiger partial charge in [-0.3, -0.25) is 9.78 Å². The van der Waals surface area contributed by atoms with E-state index in [4.69, 9.17) is 9.05 Å². The van der Waals surface area contributed by atoms with Gasteiger partial charge in [-0.1, -0.05) is 10.3 Å². The molecule has 1 saturated carbocycles. The highest BCUT2D eigenvalue weighted by Crippen LogP contribution is 2.40. The lowest BCUT2D eigenvalue weighted by molar-refractivity contribution is 0.0558. The predicted octanol–water partition coefficient (Wildman–Crippen LogP) is 2.24. The van der Waals surface area contributed by atoms with Gasteiger partial charge in [0.05, 0.1) is 5.92 Å². The predicted molar refractivity (Wildman–Crippen MR) is 84.7 cm³/mol. The molecule has 2 aliphatic rings. The highest BCUT2D eigenvalue weighted by atomic mass is 16.5. The number of hydrogen-bond donors (Lipinski definition) is 0. The molecule has 0 spiro atoms. The summed E-state index contributed by atoms with van der Waals surface area (Å²) in [7, 11) is 0. The van der Waals surface area contributed by atoms with Crippen LogP contribution in [-0.2, 0) is 0 Å². The topological polar surface area (TPSA) is 98.2 Å². The summed E-state index contributed by atoms with van der Waals surface area (Å²) in [5, 5.41) is 7.90. The minimum Gasteiger partial charge on any atom is -0.360 e. The largest absolute Gasteiger partial charge is 0.360 e. The molecule has 1 aliphatic heterocycles. The average molecular weight is 337 g/mol. The van der Waals surface area contributed by atoms with Crippen LogP contribution in [0.2, 0.25) is 0 Å². The minimum atomic E-state index is -0.110. The first-order valence-corrected chi connectivity index (χ1v) is 8.28. The van der Waals surface area contributed by atoms with Crippen molar-refractivity contribution in [2.24, 2.45) is 0 Å². The van der Waals surface area contributed by atoms with Gasteiger partial charge >= 0.3 is 0 Å². The molecule has 8 nitrogen and oxygen atoms in total. The van der Waals surface area contributed by atoms with E-state index in [-0.39, 0.29) is 11.8 Å². The average Bonchev–Trinajstić information content (AvgIpc) is 3.14. The van der Waals surface area contributed by atoms with E-state index in [0.29, 0.717) is 36.4 Å². The van der Waals surface area contributed by atoms with Gasteiger partial charge in [-0.15, -0.1) is 0 Å².